The highest BCUT2D eigenvalue weighted by atomic mass is 16.5. The smallest absolute Gasteiger partial charge is 0.309 e. The SMILES string of the molecule is COC(=O)Cc1cccc(-c2ccccc2C(N)=O)c1. The second-order valence-electron chi connectivity index (χ2n) is 4.36. The number of rotatable bonds is 4. The average molecular weight is 269 g/mol. The van der Waals surface area contributed by atoms with Crippen LogP contribution in [0.25, 0.3) is 11.1 Å². The number of methoxy groups -OCH3 is 1. The van der Waals surface area contributed by atoms with E-state index in [1.807, 2.05) is 36.4 Å². The largest absolute Gasteiger partial charge is 0.469 e. The molecule has 0 aromatic heterocycles. The summed E-state index contributed by atoms with van der Waals surface area (Å²) in [7, 11) is 1.36. The van der Waals surface area contributed by atoms with Crippen LogP contribution < -0.4 is 5.73 Å². The predicted octanol–water partition coefficient (Wildman–Crippen LogP) is 2.17. The summed E-state index contributed by atoms with van der Waals surface area (Å²) >= 11 is 0. The molecule has 0 aliphatic carbocycles. The molecular formula is C16H15NO3. The van der Waals surface area contributed by atoms with Gasteiger partial charge in [-0.1, -0.05) is 42.5 Å². The lowest BCUT2D eigenvalue weighted by atomic mass is 9.97. The number of esters is 1. The first-order chi connectivity index (χ1) is 9.61. The molecule has 0 bridgehead atoms. The Morgan fingerprint density at radius 3 is 2.55 bits per heavy atom. The molecule has 0 atom stereocenters. The average Bonchev–Trinajstić information content (AvgIpc) is 2.47. The second kappa shape index (κ2) is 6.02. The van der Waals surface area contributed by atoms with E-state index in [-0.39, 0.29) is 12.4 Å². The molecular weight excluding hydrogens is 254 g/mol. The first kappa shape index (κ1) is 13.8. The van der Waals surface area contributed by atoms with Crippen LogP contribution in [-0.2, 0) is 16.0 Å². The van der Waals surface area contributed by atoms with Crippen LogP contribution in [0.5, 0.6) is 0 Å². The third-order valence-corrected chi connectivity index (χ3v) is 3.01. The number of carbonyl (C=O) groups is 2. The summed E-state index contributed by atoms with van der Waals surface area (Å²) in [6, 6.07) is 14.5. The molecule has 102 valence electrons. The number of carbonyl (C=O) groups excluding carboxylic acids is 2. The summed E-state index contributed by atoms with van der Waals surface area (Å²) in [5.41, 5.74) is 8.27. The van der Waals surface area contributed by atoms with Gasteiger partial charge in [-0.15, -0.1) is 0 Å². The van der Waals surface area contributed by atoms with Crippen molar-refractivity contribution in [1.29, 1.82) is 0 Å². The molecule has 0 fully saturated rings. The van der Waals surface area contributed by atoms with E-state index in [1.54, 1.807) is 12.1 Å². The maximum absolute atomic E-state index is 11.5. The number of benzene rings is 2. The van der Waals surface area contributed by atoms with Crippen LogP contribution in [0.4, 0.5) is 0 Å². The standard InChI is InChI=1S/C16H15NO3/c1-20-15(18)10-11-5-4-6-12(9-11)13-7-2-3-8-14(13)16(17)19/h2-9H,10H2,1H3,(H2,17,19). The third-order valence-electron chi connectivity index (χ3n) is 3.01. The summed E-state index contributed by atoms with van der Waals surface area (Å²) in [5.74, 6) is -0.774. The summed E-state index contributed by atoms with van der Waals surface area (Å²) in [6.07, 6.45) is 0.197. The maximum atomic E-state index is 11.5. The minimum absolute atomic E-state index is 0.197. The molecule has 4 heteroatoms. The summed E-state index contributed by atoms with van der Waals surface area (Å²) in [5, 5.41) is 0. The van der Waals surface area contributed by atoms with E-state index in [4.69, 9.17) is 5.73 Å². The molecule has 0 aliphatic heterocycles. The fraction of sp³-hybridized carbons (Fsp3) is 0.125. The monoisotopic (exact) mass is 269 g/mol. The molecule has 4 nitrogen and oxygen atoms in total. The number of primary amides is 1. The Labute approximate surface area is 117 Å². The van der Waals surface area contributed by atoms with Crippen molar-refractivity contribution in [2.24, 2.45) is 5.73 Å². The highest BCUT2D eigenvalue weighted by Crippen LogP contribution is 2.24. The summed E-state index contributed by atoms with van der Waals surface area (Å²) in [6.45, 7) is 0. The van der Waals surface area contributed by atoms with Gasteiger partial charge >= 0.3 is 5.97 Å². The number of hydrogen-bond donors (Lipinski definition) is 1. The van der Waals surface area contributed by atoms with Crippen molar-refractivity contribution in [3.63, 3.8) is 0 Å². The van der Waals surface area contributed by atoms with E-state index in [1.165, 1.54) is 7.11 Å². The van der Waals surface area contributed by atoms with Gasteiger partial charge < -0.3 is 10.5 Å². The molecule has 0 heterocycles. The highest BCUT2D eigenvalue weighted by Gasteiger charge is 2.10. The summed E-state index contributed by atoms with van der Waals surface area (Å²) in [4.78, 5) is 22.8. The van der Waals surface area contributed by atoms with Crippen molar-refractivity contribution in [2.45, 2.75) is 6.42 Å². The number of hydrogen-bond acceptors (Lipinski definition) is 3. The van der Waals surface area contributed by atoms with Crippen molar-refractivity contribution < 1.29 is 14.3 Å². The fourth-order valence-corrected chi connectivity index (χ4v) is 2.04. The van der Waals surface area contributed by atoms with E-state index in [0.717, 1.165) is 16.7 Å². The van der Waals surface area contributed by atoms with Crippen molar-refractivity contribution in [2.75, 3.05) is 7.11 Å². The van der Waals surface area contributed by atoms with E-state index < -0.39 is 5.91 Å². The first-order valence-electron chi connectivity index (χ1n) is 6.17. The molecule has 0 saturated carbocycles. The molecule has 2 rings (SSSR count). The van der Waals surface area contributed by atoms with Crippen LogP contribution in [0.2, 0.25) is 0 Å². The van der Waals surface area contributed by atoms with Crippen LogP contribution >= 0.6 is 0 Å². The molecule has 1 amide bonds. The van der Waals surface area contributed by atoms with Gasteiger partial charge in [-0.25, -0.2) is 0 Å². The van der Waals surface area contributed by atoms with Crippen molar-refractivity contribution >= 4 is 11.9 Å². The Morgan fingerprint density at radius 1 is 1.10 bits per heavy atom. The first-order valence-corrected chi connectivity index (χ1v) is 6.17. The minimum atomic E-state index is -0.473. The van der Waals surface area contributed by atoms with Gasteiger partial charge in [-0.3, -0.25) is 9.59 Å². The van der Waals surface area contributed by atoms with Gasteiger partial charge in [0, 0.05) is 5.56 Å². The Morgan fingerprint density at radius 2 is 1.85 bits per heavy atom. The summed E-state index contributed by atoms with van der Waals surface area (Å²) < 4.78 is 4.65. The normalized spacial score (nSPS) is 10.1. The lowest BCUT2D eigenvalue weighted by Gasteiger charge is -2.08. The maximum Gasteiger partial charge on any atom is 0.309 e. The van der Waals surface area contributed by atoms with Crippen LogP contribution in [0.15, 0.2) is 48.5 Å². The third kappa shape index (κ3) is 3.03. The Balaban J connectivity index is 2.41. The minimum Gasteiger partial charge on any atom is -0.469 e. The molecule has 0 aliphatic rings. The van der Waals surface area contributed by atoms with Crippen LogP contribution in [0, 0.1) is 0 Å². The van der Waals surface area contributed by atoms with Gasteiger partial charge in [0.1, 0.15) is 0 Å². The van der Waals surface area contributed by atoms with E-state index in [9.17, 15) is 9.59 Å². The van der Waals surface area contributed by atoms with Gasteiger partial charge in [-0.05, 0) is 22.8 Å². The van der Waals surface area contributed by atoms with Gasteiger partial charge in [-0.2, -0.15) is 0 Å². The number of nitrogens with two attached hydrogens (primary N) is 1. The van der Waals surface area contributed by atoms with Crippen LogP contribution in [0.3, 0.4) is 0 Å². The molecule has 20 heavy (non-hydrogen) atoms. The Hall–Kier alpha value is -2.62. The van der Waals surface area contributed by atoms with E-state index >= 15 is 0 Å². The van der Waals surface area contributed by atoms with Crippen molar-refractivity contribution in [3.8, 4) is 11.1 Å². The topological polar surface area (TPSA) is 69.4 Å². The van der Waals surface area contributed by atoms with Gasteiger partial charge in [0.05, 0.1) is 13.5 Å². The Kier molecular flexibility index (Phi) is 4.15. The molecule has 0 unspecified atom stereocenters. The molecule has 0 radical (unpaired) electrons. The molecule has 2 aromatic carbocycles. The second-order valence-corrected chi connectivity index (χ2v) is 4.36. The highest BCUT2D eigenvalue weighted by molar-refractivity contribution is 5.99. The lowest BCUT2D eigenvalue weighted by molar-refractivity contribution is -0.139. The zero-order valence-electron chi connectivity index (χ0n) is 11.1. The zero-order chi connectivity index (χ0) is 14.5. The number of ether oxygens (including phenoxy) is 1. The van der Waals surface area contributed by atoms with Gasteiger partial charge in [0.15, 0.2) is 0 Å². The van der Waals surface area contributed by atoms with E-state index in [2.05, 4.69) is 4.74 Å². The van der Waals surface area contributed by atoms with Gasteiger partial charge in [0.25, 0.3) is 0 Å². The van der Waals surface area contributed by atoms with Crippen LogP contribution in [-0.4, -0.2) is 19.0 Å². The van der Waals surface area contributed by atoms with Crippen molar-refractivity contribution in [1.82, 2.24) is 0 Å². The van der Waals surface area contributed by atoms with E-state index in [0.29, 0.717) is 5.56 Å². The quantitative estimate of drug-likeness (QED) is 0.865. The number of amides is 1. The van der Waals surface area contributed by atoms with Crippen molar-refractivity contribution in [3.05, 3.63) is 59.7 Å². The molecule has 2 aromatic rings. The predicted molar refractivity (Wildman–Crippen MR) is 76.1 cm³/mol. The Bertz CT molecular complexity index is 650. The lowest BCUT2D eigenvalue weighted by Crippen LogP contribution is -2.12. The molecule has 0 spiro atoms. The van der Waals surface area contributed by atoms with Gasteiger partial charge in [0.2, 0.25) is 5.91 Å². The fourth-order valence-electron chi connectivity index (χ4n) is 2.04. The van der Waals surface area contributed by atoms with Crippen LogP contribution in [0.1, 0.15) is 15.9 Å². The molecule has 2 N–H and O–H groups in total. The molecule has 0 saturated heterocycles. The zero-order valence-corrected chi connectivity index (χ0v) is 11.1.